The average Bonchev–Trinajstić information content (AvgIpc) is 3.01. The van der Waals surface area contributed by atoms with Crippen molar-refractivity contribution >= 4 is 11.3 Å². The van der Waals surface area contributed by atoms with E-state index in [1.807, 2.05) is 17.5 Å². The van der Waals surface area contributed by atoms with Gasteiger partial charge < -0.3 is 9.26 Å². The highest BCUT2D eigenvalue weighted by Gasteiger charge is 2.22. The Labute approximate surface area is 97.2 Å². The molecule has 0 spiro atoms. The van der Waals surface area contributed by atoms with Crippen LogP contribution in [0, 0.1) is 0 Å². The molecular weight excluding hydrogens is 224 g/mol. The van der Waals surface area contributed by atoms with Gasteiger partial charge in [-0.25, -0.2) is 0 Å². The SMILES string of the molecule is c1csc(-c2noc(C3CCCOC3)n2)c1. The van der Waals surface area contributed by atoms with E-state index >= 15 is 0 Å². The molecule has 0 saturated carbocycles. The highest BCUT2D eigenvalue weighted by Crippen LogP contribution is 2.27. The van der Waals surface area contributed by atoms with Crippen LogP contribution in [0.15, 0.2) is 22.0 Å². The first-order valence-electron chi connectivity index (χ1n) is 5.39. The van der Waals surface area contributed by atoms with Gasteiger partial charge in [0.25, 0.3) is 0 Å². The van der Waals surface area contributed by atoms with Crippen molar-refractivity contribution < 1.29 is 9.26 Å². The van der Waals surface area contributed by atoms with Crippen molar-refractivity contribution in [2.24, 2.45) is 0 Å². The maximum atomic E-state index is 5.41. The molecule has 3 rings (SSSR count). The van der Waals surface area contributed by atoms with Crippen LogP contribution in [0.3, 0.4) is 0 Å². The summed E-state index contributed by atoms with van der Waals surface area (Å²) in [6, 6.07) is 3.98. The fraction of sp³-hybridized carbons (Fsp3) is 0.455. The maximum absolute atomic E-state index is 5.41. The van der Waals surface area contributed by atoms with Crippen LogP contribution < -0.4 is 0 Å². The molecule has 0 aromatic carbocycles. The molecule has 1 saturated heterocycles. The zero-order valence-electron chi connectivity index (χ0n) is 8.76. The molecule has 0 aliphatic carbocycles. The van der Waals surface area contributed by atoms with Gasteiger partial charge in [-0.3, -0.25) is 0 Å². The second kappa shape index (κ2) is 4.35. The highest BCUT2D eigenvalue weighted by atomic mass is 32.1. The molecule has 0 amide bonds. The Balaban J connectivity index is 1.82. The average molecular weight is 236 g/mol. The van der Waals surface area contributed by atoms with Crippen LogP contribution in [0.4, 0.5) is 0 Å². The lowest BCUT2D eigenvalue weighted by molar-refractivity contribution is 0.0705. The van der Waals surface area contributed by atoms with Crippen molar-refractivity contribution in [2.45, 2.75) is 18.8 Å². The zero-order chi connectivity index (χ0) is 10.8. The molecule has 3 heterocycles. The topological polar surface area (TPSA) is 48.2 Å². The maximum Gasteiger partial charge on any atom is 0.232 e. The fourth-order valence-electron chi connectivity index (χ4n) is 1.84. The van der Waals surface area contributed by atoms with E-state index in [1.165, 1.54) is 0 Å². The van der Waals surface area contributed by atoms with Crippen LogP contribution in [0.25, 0.3) is 10.7 Å². The summed E-state index contributed by atoms with van der Waals surface area (Å²) >= 11 is 1.62. The summed E-state index contributed by atoms with van der Waals surface area (Å²) in [5.41, 5.74) is 0. The molecule has 1 aliphatic heterocycles. The van der Waals surface area contributed by atoms with Gasteiger partial charge in [-0.2, -0.15) is 4.98 Å². The van der Waals surface area contributed by atoms with Gasteiger partial charge in [0.15, 0.2) is 0 Å². The van der Waals surface area contributed by atoms with Gasteiger partial charge in [0.05, 0.1) is 17.4 Å². The number of aromatic nitrogens is 2. The number of hydrogen-bond donors (Lipinski definition) is 0. The van der Waals surface area contributed by atoms with E-state index < -0.39 is 0 Å². The third-order valence-electron chi connectivity index (χ3n) is 2.69. The molecule has 16 heavy (non-hydrogen) atoms. The molecule has 0 bridgehead atoms. The molecule has 0 N–H and O–H groups in total. The van der Waals surface area contributed by atoms with Gasteiger partial charge in [-0.05, 0) is 24.3 Å². The first-order valence-corrected chi connectivity index (χ1v) is 6.26. The second-order valence-corrected chi connectivity index (χ2v) is 4.80. The molecule has 5 heteroatoms. The van der Waals surface area contributed by atoms with Crippen LogP contribution in [0.2, 0.25) is 0 Å². The number of hydrogen-bond acceptors (Lipinski definition) is 5. The number of thiophene rings is 1. The lowest BCUT2D eigenvalue weighted by Crippen LogP contribution is -2.15. The third kappa shape index (κ3) is 1.88. The molecule has 84 valence electrons. The van der Waals surface area contributed by atoms with E-state index in [0.29, 0.717) is 18.3 Å². The lowest BCUT2D eigenvalue weighted by atomic mass is 10.0. The first kappa shape index (κ1) is 9.99. The predicted octanol–water partition coefficient (Wildman–Crippen LogP) is 2.69. The summed E-state index contributed by atoms with van der Waals surface area (Å²) in [6.45, 7) is 1.55. The molecule has 2 aromatic heterocycles. The van der Waals surface area contributed by atoms with Crippen molar-refractivity contribution in [2.75, 3.05) is 13.2 Å². The first-order chi connectivity index (χ1) is 7.93. The van der Waals surface area contributed by atoms with E-state index in [-0.39, 0.29) is 5.92 Å². The zero-order valence-corrected chi connectivity index (χ0v) is 9.57. The van der Waals surface area contributed by atoms with Crippen molar-refractivity contribution in [3.05, 3.63) is 23.4 Å². The summed E-state index contributed by atoms with van der Waals surface area (Å²) in [4.78, 5) is 5.48. The number of ether oxygens (including phenoxy) is 1. The summed E-state index contributed by atoms with van der Waals surface area (Å²) in [5.74, 6) is 1.67. The Bertz CT molecular complexity index is 446. The third-order valence-corrected chi connectivity index (χ3v) is 3.56. The molecule has 1 fully saturated rings. The van der Waals surface area contributed by atoms with Crippen LogP contribution in [0.5, 0.6) is 0 Å². The summed E-state index contributed by atoms with van der Waals surface area (Å²) in [7, 11) is 0. The largest absolute Gasteiger partial charge is 0.381 e. The minimum absolute atomic E-state index is 0.273. The Morgan fingerprint density at radius 2 is 2.44 bits per heavy atom. The van der Waals surface area contributed by atoms with Crippen LogP contribution in [-0.4, -0.2) is 23.4 Å². The van der Waals surface area contributed by atoms with Gasteiger partial charge in [0.1, 0.15) is 0 Å². The summed E-state index contributed by atoms with van der Waals surface area (Å²) in [5, 5.41) is 6.01. The summed E-state index contributed by atoms with van der Waals surface area (Å²) in [6.07, 6.45) is 2.15. The smallest absolute Gasteiger partial charge is 0.232 e. The van der Waals surface area contributed by atoms with Crippen molar-refractivity contribution in [1.82, 2.24) is 10.1 Å². The second-order valence-electron chi connectivity index (χ2n) is 3.85. The standard InChI is InChI=1S/C11H12N2O2S/c1-3-8(7-14-5-1)11-12-10(13-15-11)9-4-2-6-16-9/h2,4,6,8H,1,3,5,7H2. The Hall–Kier alpha value is -1.20. The van der Waals surface area contributed by atoms with E-state index in [2.05, 4.69) is 10.1 Å². The van der Waals surface area contributed by atoms with E-state index in [4.69, 9.17) is 9.26 Å². The van der Waals surface area contributed by atoms with Crippen LogP contribution >= 0.6 is 11.3 Å². The molecule has 1 aliphatic rings. The summed E-state index contributed by atoms with van der Waals surface area (Å²) < 4.78 is 10.7. The van der Waals surface area contributed by atoms with E-state index in [9.17, 15) is 0 Å². The minimum atomic E-state index is 0.273. The van der Waals surface area contributed by atoms with Gasteiger partial charge in [0, 0.05) is 6.61 Å². The van der Waals surface area contributed by atoms with Gasteiger partial charge in [-0.15, -0.1) is 11.3 Å². The number of rotatable bonds is 2. The van der Waals surface area contributed by atoms with Crippen LogP contribution in [0.1, 0.15) is 24.7 Å². The quantitative estimate of drug-likeness (QED) is 0.804. The van der Waals surface area contributed by atoms with Gasteiger partial charge >= 0.3 is 0 Å². The van der Waals surface area contributed by atoms with E-state index in [1.54, 1.807) is 11.3 Å². The molecule has 2 aromatic rings. The Morgan fingerprint density at radius 3 is 3.19 bits per heavy atom. The van der Waals surface area contributed by atoms with Crippen molar-refractivity contribution in [3.8, 4) is 10.7 Å². The molecule has 1 unspecified atom stereocenters. The lowest BCUT2D eigenvalue weighted by Gasteiger charge is -2.17. The highest BCUT2D eigenvalue weighted by molar-refractivity contribution is 7.13. The molecular formula is C11H12N2O2S. The number of nitrogens with zero attached hydrogens (tertiary/aromatic N) is 2. The fourth-order valence-corrected chi connectivity index (χ4v) is 2.49. The normalized spacial score (nSPS) is 21.1. The minimum Gasteiger partial charge on any atom is -0.381 e. The Kier molecular flexibility index (Phi) is 2.71. The van der Waals surface area contributed by atoms with Crippen molar-refractivity contribution in [3.63, 3.8) is 0 Å². The van der Waals surface area contributed by atoms with Gasteiger partial charge in [-0.1, -0.05) is 11.2 Å². The predicted molar refractivity (Wildman–Crippen MR) is 60.4 cm³/mol. The molecule has 0 radical (unpaired) electrons. The van der Waals surface area contributed by atoms with Crippen LogP contribution in [-0.2, 0) is 4.74 Å². The molecule has 1 atom stereocenters. The van der Waals surface area contributed by atoms with Crippen molar-refractivity contribution in [1.29, 1.82) is 0 Å². The monoisotopic (exact) mass is 236 g/mol. The molecule has 4 nitrogen and oxygen atoms in total. The van der Waals surface area contributed by atoms with E-state index in [0.717, 1.165) is 24.3 Å². The Morgan fingerprint density at radius 1 is 1.44 bits per heavy atom. The van der Waals surface area contributed by atoms with Gasteiger partial charge in [0.2, 0.25) is 11.7 Å².